The molecule has 2 rings (SSSR count). The van der Waals surface area contributed by atoms with Gasteiger partial charge >= 0.3 is 0 Å². The molecule has 0 saturated carbocycles. The first-order valence-electron chi connectivity index (χ1n) is 5.25. The number of nitrogens with zero attached hydrogens (tertiary/aromatic N) is 1. The molecule has 1 aromatic heterocycles. The molecule has 90 valence electrons. The molecule has 0 aliphatic heterocycles. The number of H-pyrrole nitrogens is 1. The van der Waals surface area contributed by atoms with E-state index in [1.165, 1.54) is 0 Å². The van der Waals surface area contributed by atoms with Crippen LogP contribution in [0.4, 0.5) is 0 Å². The molecule has 0 atom stereocenters. The average molecular weight is 296 g/mol. The van der Waals surface area contributed by atoms with E-state index in [4.69, 9.17) is 10.5 Å². The summed E-state index contributed by atoms with van der Waals surface area (Å²) in [6.45, 7) is 2.44. The van der Waals surface area contributed by atoms with Crippen LogP contribution in [0.25, 0.3) is 11.4 Å². The van der Waals surface area contributed by atoms with Gasteiger partial charge in [0.2, 0.25) is 0 Å². The molecule has 3 N–H and O–H groups in total. The summed E-state index contributed by atoms with van der Waals surface area (Å²) in [4.78, 5) is 7.58. The Morgan fingerprint density at radius 1 is 1.47 bits per heavy atom. The summed E-state index contributed by atoms with van der Waals surface area (Å²) in [6, 6.07) is 5.94. The first kappa shape index (κ1) is 12.1. The van der Waals surface area contributed by atoms with E-state index in [1.54, 1.807) is 7.11 Å². The van der Waals surface area contributed by atoms with Gasteiger partial charge in [-0.05, 0) is 46.6 Å². The van der Waals surface area contributed by atoms with Crippen molar-refractivity contribution in [1.29, 1.82) is 0 Å². The normalized spacial score (nSPS) is 10.6. The molecule has 0 amide bonds. The quantitative estimate of drug-likeness (QED) is 0.915. The second-order valence-corrected chi connectivity index (χ2v) is 4.49. The zero-order chi connectivity index (χ0) is 12.4. The number of halogens is 1. The maximum Gasteiger partial charge on any atom is 0.138 e. The van der Waals surface area contributed by atoms with Gasteiger partial charge in [0.05, 0.1) is 12.8 Å². The molecule has 0 saturated heterocycles. The number of aromatic amines is 1. The van der Waals surface area contributed by atoms with Crippen LogP contribution >= 0.6 is 15.9 Å². The van der Waals surface area contributed by atoms with E-state index in [1.807, 2.05) is 25.1 Å². The van der Waals surface area contributed by atoms with Crippen LogP contribution in [0, 0.1) is 6.92 Å². The summed E-state index contributed by atoms with van der Waals surface area (Å²) in [6.07, 6.45) is 0. The Balaban J connectivity index is 2.42. The number of imidazole rings is 1. The fourth-order valence-electron chi connectivity index (χ4n) is 1.69. The number of methoxy groups -OCH3 is 1. The van der Waals surface area contributed by atoms with Crippen LogP contribution in [-0.4, -0.2) is 17.1 Å². The van der Waals surface area contributed by atoms with E-state index in [-0.39, 0.29) is 0 Å². The number of hydrogen-bond donors (Lipinski definition) is 2. The Bertz CT molecular complexity index is 537. The highest BCUT2D eigenvalue weighted by molar-refractivity contribution is 9.10. The van der Waals surface area contributed by atoms with Gasteiger partial charge in [0, 0.05) is 12.1 Å². The lowest BCUT2D eigenvalue weighted by Crippen LogP contribution is -1.96. The molecule has 0 spiro atoms. The SMILES string of the molecule is COc1ccc(-c2nc(Br)c(CN)[nH]2)cc1C. The number of benzene rings is 1. The number of aromatic nitrogens is 2. The molecule has 0 unspecified atom stereocenters. The van der Waals surface area contributed by atoms with Crippen molar-refractivity contribution in [2.75, 3.05) is 7.11 Å². The maximum atomic E-state index is 5.60. The monoisotopic (exact) mass is 295 g/mol. The predicted molar refractivity (Wildman–Crippen MR) is 70.9 cm³/mol. The standard InChI is InChI=1S/C12H14BrN3O/c1-7-5-8(3-4-10(7)17-2)12-15-9(6-14)11(13)16-12/h3-5H,6,14H2,1-2H3,(H,15,16). The minimum absolute atomic E-state index is 0.433. The smallest absolute Gasteiger partial charge is 0.138 e. The van der Waals surface area contributed by atoms with Gasteiger partial charge in [0.15, 0.2) is 0 Å². The van der Waals surface area contributed by atoms with Crippen LogP contribution in [0.1, 0.15) is 11.3 Å². The van der Waals surface area contributed by atoms with E-state index in [2.05, 4.69) is 25.9 Å². The molecule has 0 aliphatic carbocycles. The van der Waals surface area contributed by atoms with Gasteiger partial charge in [0.1, 0.15) is 16.2 Å². The molecule has 2 aromatic rings. The molecule has 0 aliphatic rings. The fourth-order valence-corrected chi connectivity index (χ4v) is 2.12. The first-order chi connectivity index (χ1) is 8.15. The van der Waals surface area contributed by atoms with Gasteiger partial charge in [-0.2, -0.15) is 0 Å². The zero-order valence-electron chi connectivity index (χ0n) is 9.75. The number of hydrogen-bond acceptors (Lipinski definition) is 3. The molecular weight excluding hydrogens is 282 g/mol. The second-order valence-electron chi connectivity index (χ2n) is 3.74. The fraction of sp³-hybridized carbons (Fsp3) is 0.250. The molecule has 4 nitrogen and oxygen atoms in total. The zero-order valence-corrected chi connectivity index (χ0v) is 11.3. The third kappa shape index (κ3) is 2.35. The molecule has 1 heterocycles. The lowest BCUT2D eigenvalue weighted by atomic mass is 10.1. The van der Waals surface area contributed by atoms with Crippen molar-refractivity contribution in [1.82, 2.24) is 9.97 Å². The third-order valence-electron chi connectivity index (χ3n) is 2.60. The maximum absolute atomic E-state index is 5.60. The summed E-state index contributed by atoms with van der Waals surface area (Å²) < 4.78 is 5.99. The summed E-state index contributed by atoms with van der Waals surface area (Å²) in [5, 5.41) is 0. The van der Waals surface area contributed by atoms with E-state index < -0.39 is 0 Å². The van der Waals surface area contributed by atoms with Crippen LogP contribution in [0.2, 0.25) is 0 Å². The van der Waals surface area contributed by atoms with Crippen molar-refractivity contribution in [3.8, 4) is 17.1 Å². The Hall–Kier alpha value is -1.33. The lowest BCUT2D eigenvalue weighted by molar-refractivity contribution is 0.412. The molecular formula is C12H14BrN3O. The number of rotatable bonds is 3. The van der Waals surface area contributed by atoms with Gasteiger partial charge in [0.25, 0.3) is 0 Å². The molecule has 0 radical (unpaired) electrons. The van der Waals surface area contributed by atoms with E-state index in [9.17, 15) is 0 Å². The molecule has 0 fully saturated rings. The van der Waals surface area contributed by atoms with Gasteiger partial charge in [-0.15, -0.1) is 0 Å². The van der Waals surface area contributed by atoms with Gasteiger partial charge in [-0.3, -0.25) is 0 Å². The molecule has 5 heteroatoms. The van der Waals surface area contributed by atoms with Crippen LogP contribution in [0.15, 0.2) is 22.8 Å². The third-order valence-corrected chi connectivity index (χ3v) is 3.26. The topological polar surface area (TPSA) is 63.9 Å². The van der Waals surface area contributed by atoms with Crippen LogP contribution < -0.4 is 10.5 Å². The van der Waals surface area contributed by atoms with E-state index in [0.717, 1.165) is 33.0 Å². The second kappa shape index (κ2) is 4.89. The van der Waals surface area contributed by atoms with E-state index in [0.29, 0.717) is 6.54 Å². The van der Waals surface area contributed by atoms with Crippen molar-refractivity contribution in [3.63, 3.8) is 0 Å². The van der Waals surface area contributed by atoms with Crippen molar-refractivity contribution >= 4 is 15.9 Å². The highest BCUT2D eigenvalue weighted by Crippen LogP contribution is 2.26. The Labute approximate surface area is 108 Å². The van der Waals surface area contributed by atoms with Gasteiger partial charge in [-0.1, -0.05) is 0 Å². The van der Waals surface area contributed by atoms with E-state index >= 15 is 0 Å². The Kier molecular flexibility index (Phi) is 3.49. The molecule has 0 bridgehead atoms. The summed E-state index contributed by atoms with van der Waals surface area (Å²) >= 11 is 3.37. The first-order valence-corrected chi connectivity index (χ1v) is 6.04. The number of nitrogens with one attached hydrogen (secondary N) is 1. The molecule has 17 heavy (non-hydrogen) atoms. The van der Waals surface area contributed by atoms with Crippen LogP contribution in [-0.2, 0) is 6.54 Å². The van der Waals surface area contributed by atoms with Gasteiger partial charge in [-0.25, -0.2) is 4.98 Å². The number of ether oxygens (including phenoxy) is 1. The van der Waals surface area contributed by atoms with Crippen LogP contribution in [0.5, 0.6) is 5.75 Å². The minimum atomic E-state index is 0.433. The van der Waals surface area contributed by atoms with Gasteiger partial charge < -0.3 is 15.5 Å². The Morgan fingerprint density at radius 2 is 2.24 bits per heavy atom. The van der Waals surface area contributed by atoms with Crippen molar-refractivity contribution in [2.24, 2.45) is 5.73 Å². The molecule has 1 aromatic carbocycles. The van der Waals surface area contributed by atoms with Crippen molar-refractivity contribution < 1.29 is 4.74 Å². The van der Waals surface area contributed by atoms with Crippen molar-refractivity contribution in [2.45, 2.75) is 13.5 Å². The van der Waals surface area contributed by atoms with Crippen molar-refractivity contribution in [3.05, 3.63) is 34.1 Å². The average Bonchev–Trinajstić information content (AvgIpc) is 2.70. The Morgan fingerprint density at radius 3 is 2.76 bits per heavy atom. The minimum Gasteiger partial charge on any atom is -0.496 e. The number of aryl methyl sites for hydroxylation is 1. The summed E-state index contributed by atoms with van der Waals surface area (Å²) in [5.74, 6) is 1.68. The lowest BCUT2D eigenvalue weighted by Gasteiger charge is -2.05. The summed E-state index contributed by atoms with van der Waals surface area (Å²) in [7, 11) is 1.66. The summed E-state index contributed by atoms with van der Waals surface area (Å²) in [5.41, 5.74) is 8.59. The highest BCUT2D eigenvalue weighted by Gasteiger charge is 2.09. The number of nitrogens with two attached hydrogens (primary N) is 1. The highest BCUT2D eigenvalue weighted by atomic mass is 79.9. The predicted octanol–water partition coefficient (Wildman–Crippen LogP) is 2.61. The largest absolute Gasteiger partial charge is 0.496 e. The van der Waals surface area contributed by atoms with Crippen LogP contribution in [0.3, 0.4) is 0 Å².